The second-order valence-corrected chi connectivity index (χ2v) is 7.92. The van der Waals surface area contributed by atoms with Gasteiger partial charge in [-0.1, -0.05) is 25.1 Å². The second-order valence-electron chi connectivity index (χ2n) is 7.92. The third-order valence-corrected chi connectivity index (χ3v) is 5.87. The molecule has 1 N–H and O–H groups in total. The van der Waals surface area contributed by atoms with Crippen LogP contribution in [0.1, 0.15) is 19.2 Å². The number of benzene rings is 1. The molecule has 0 aliphatic carbocycles. The smallest absolute Gasteiger partial charge is 0.194 e. The van der Waals surface area contributed by atoms with Gasteiger partial charge in [-0.05, 0) is 18.6 Å². The first kappa shape index (κ1) is 23.8. The van der Waals surface area contributed by atoms with Crippen molar-refractivity contribution < 1.29 is 4.74 Å². The third kappa shape index (κ3) is 6.55. The molecule has 170 valence electrons. The molecule has 1 aromatic carbocycles. The van der Waals surface area contributed by atoms with Crippen LogP contribution in [-0.4, -0.2) is 78.1 Å². The summed E-state index contributed by atoms with van der Waals surface area (Å²) >= 11 is 0. The Morgan fingerprint density at radius 2 is 2.00 bits per heavy atom. The fourth-order valence-corrected chi connectivity index (χ4v) is 4.05. The maximum absolute atomic E-state index is 5.53. The van der Waals surface area contributed by atoms with Gasteiger partial charge in [0.1, 0.15) is 12.2 Å². The monoisotopic (exact) mass is 539 g/mol. The van der Waals surface area contributed by atoms with Gasteiger partial charge in [0, 0.05) is 70.4 Å². The Balaban J connectivity index is 0.00000272. The molecule has 2 saturated heterocycles. The summed E-state index contributed by atoms with van der Waals surface area (Å²) in [6.07, 6.45) is 3.81. The lowest BCUT2D eigenvalue weighted by Gasteiger charge is -2.38. The number of halogens is 1. The molecule has 1 atom stereocenters. The van der Waals surface area contributed by atoms with E-state index in [0.29, 0.717) is 5.92 Å². The normalized spacial score (nSPS) is 19.4. The van der Waals surface area contributed by atoms with Gasteiger partial charge >= 0.3 is 0 Å². The van der Waals surface area contributed by atoms with Crippen molar-refractivity contribution in [2.45, 2.75) is 26.3 Å². The lowest BCUT2D eigenvalue weighted by Crippen LogP contribution is -2.53. The molecule has 0 spiro atoms. The third-order valence-electron chi connectivity index (χ3n) is 5.87. The highest BCUT2D eigenvalue weighted by atomic mass is 127. The van der Waals surface area contributed by atoms with Crippen LogP contribution in [0.15, 0.2) is 41.7 Å². The lowest BCUT2D eigenvalue weighted by molar-refractivity contribution is 0.187. The number of piperazine rings is 1. The summed E-state index contributed by atoms with van der Waals surface area (Å²) in [6.45, 7) is 10.2. The van der Waals surface area contributed by atoms with E-state index in [9.17, 15) is 0 Å². The lowest BCUT2D eigenvalue weighted by atomic mass is 10.1. The van der Waals surface area contributed by atoms with Gasteiger partial charge < -0.3 is 24.4 Å². The van der Waals surface area contributed by atoms with Crippen molar-refractivity contribution in [2.24, 2.45) is 10.9 Å². The summed E-state index contributed by atoms with van der Waals surface area (Å²) in [7, 11) is 0. The predicted octanol–water partition coefficient (Wildman–Crippen LogP) is 2.26. The van der Waals surface area contributed by atoms with Crippen molar-refractivity contribution >= 4 is 35.6 Å². The standard InChI is InChI=1S/C22H33N7O.HI/c1-2-21-26-25-18-29(21)10-9-23-22(24-16-19-8-15-30-17-19)28-13-11-27(12-14-28)20-6-4-3-5-7-20;/h3-7,18-19H,2,8-17H2,1H3,(H,23,24);1H. The number of guanidine groups is 1. The number of aliphatic imine (C=N–C) groups is 1. The molecule has 31 heavy (non-hydrogen) atoms. The quantitative estimate of drug-likeness (QED) is 0.331. The van der Waals surface area contributed by atoms with Crippen molar-refractivity contribution in [1.29, 1.82) is 0 Å². The van der Waals surface area contributed by atoms with E-state index in [-0.39, 0.29) is 24.0 Å². The minimum Gasteiger partial charge on any atom is -0.381 e. The van der Waals surface area contributed by atoms with E-state index in [1.54, 1.807) is 0 Å². The number of aromatic nitrogens is 3. The number of para-hydroxylation sites is 1. The van der Waals surface area contributed by atoms with E-state index in [1.165, 1.54) is 5.69 Å². The van der Waals surface area contributed by atoms with Crippen LogP contribution in [0, 0.1) is 5.92 Å². The fourth-order valence-electron chi connectivity index (χ4n) is 4.05. The summed E-state index contributed by atoms with van der Waals surface area (Å²) in [5.41, 5.74) is 1.30. The maximum atomic E-state index is 5.53. The number of nitrogens with one attached hydrogen (secondary N) is 1. The van der Waals surface area contributed by atoms with Gasteiger partial charge in [-0.2, -0.15) is 0 Å². The number of anilines is 1. The Kier molecular flexibility index (Phi) is 9.38. The number of ether oxygens (including phenoxy) is 1. The van der Waals surface area contributed by atoms with Crippen LogP contribution in [0.2, 0.25) is 0 Å². The highest BCUT2D eigenvalue weighted by Gasteiger charge is 2.21. The Morgan fingerprint density at radius 1 is 1.19 bits per heavy atom. The van der Waals surface area contributed by atoms with E-state index in [0.717, 1.165) is 83.7 Å². The van der Waals surface area contributed by atoms with Gasteiger partial charge in [0.2, 0.25) is 0 Å². The topological polar surface area (TPSA) is 70.8 Å². The van der Waals surface area contributed by atoms with Gasteiger partial charge in [0.25, 0.3) is 0 Å². The first-order chi connectivity index (χ1) is 14.8. The van der Waals surface area contributed by atoms with Gasteiger partial charge in [-0.15, -0.1) is 34.2 Å². The van der Waals surface area contributed by atoms with Crippen molar-refractivity contribution in [3.8, 4) is 0 Å². The van der Waals surface area contributed by atoms with Gasteiger partial charge in [-0.25, -0.2) is 0 Å². The maximum Gasteiger partial charge on any atom is 0.194 e. The summed E-state index contributed by atoms with van der Waals surface area (Å²) in [5.74, 6) is 2.58. The minimum absolute atomic E-state index is 0. The summed E-state index contributed by atoms with van der Waals surface area (Å²) in [5, 5.41) is 11.8. The van der Waals surface area contributed by atoms with Crippen molar-refractivity contribution in [2.75, 3.05) is 57.4 Å². The molecule has 9 heteroatoms. The SMILES string of the molecule is CCc1nncn1CCNC(=NCC1CCOC1)N1CCN(c2ccccc2)CC1.I. The van der Waals surface area contributed by atoms with E-state index in [1.807, 2.05) is 6.33 Å². The second kappa shape index (κ2) is 12.2. The summed E-state index contributed by atoms with van der Waals surface area (Å²) < 4.78 is 7.64. The molecule has 2 aliphatic rings. The summed E-state index contributed by atoms with van der Waals surface area (Å²) in [6, 6.07) is 10.7. The molecule has 0 bridgehead atoms. The highest BCUT2D eigenvalue weighted by molar-refractivity contribution is 14.0. The van der Waals surface area contributed by atoms with Crippen LogP contribution in [0.5, 0.6) is 0 Å². The number of aryl methyl sites for hydroxylation is 1. The zero-order chi connectivity index (χ0) is 20.6. The average Bonchev–Trinajstić information content (AvgIpc) is 3.49. The first-order valence-corrected chi connectivity index (χ1v) is 11.1. The fraction of sp³-hybridized carbons (Fsp3) is 0.591. The van der Waals surface area contributed by atoms with Crippen LogP contribution >= 0.6 is 24.0 Å². The van der Waals surface area contributed by atoms with Crippen LogP contribution in [0.25, 0.3) is 0 Å². The summed E-state index contributed by atoms with van der Waals surface area (Å²) in [4.78, 5) is 9.82. The van der Waals surface area contributed by atoms with Crippen molar-refractivity contribution in [3.63, 3.8) is 0 Å². The molecule has 1 unspecified atom stereocenters. The zero-order valence-corrected chi connectivity index (χ0v) is 20.6. The molecule has 1 aromatic heterocycles. The van der Waals surface area contributed by atoms with E-state index >= 15 is 0 Å². The predicted molar refractivity (Wildman–Crippen MR) is 134 cm³/mol. The number of hydrogen-bond donors (Lipinski definition) is 1. The van der Waals surface area contributed by atoms with Crippen LogP contribution < -0.4 is 10.2 Å². The van der Waals surface area contributed by atoms with Crippen molar-refractivity contribution in [3.05, 3.63) is 42.5 Å². The number of nitrogens with zero attached hydrogens (tertiary/aromatic N) is 6. The van der Waals surface area contributed by atoms with E-state index in [4.69, 9.17) is 9.73 Å². The molecular weight excluding hydrogens is 505 g/mol. The highest BCUT2D eigenvalue weighted by Crippen LogP contribution is 2.16. The van der Waals surface area contributed by atoms with Gasteiger partial charge in [0.05, 0.1) is 6.61 Å². The molecule has 4 rings (SSSR count). The minimum atomic E-state index is 0. The van der Waals surface area contributed by atoms with Gasteiger partial charge in [-0.3, -0.25) is 4.99 Å². The number of hydrogen-bond acceptors (Lipinski definition) is 5. The molecule has 0 amide bonds. The molecule has 0 radical (unpaired) electrons. The Hall–Kier alpha value is -1.88. The molecule has 2 fully saturated rings. The molecule has 8 nitrogen and oxygen atoms in total. The molecule has 2 aliphatic heterocycles. The molecule has 3 heterocycles. The van der Waals surface area contributed by atoms with E-state index in [2.05, 4.69) is 67.1 Å². The van der Waals surface area contributed by atoms with E-state index < -0.39 is 0 Å². The Bertz CT molecular complexity index is 799. The Morgan fingerprint density at radius 3 is 2.71 bits per heavy atom. The van der Waals surface area contributed by atoms with Crippen molar-refractivity contribution in [1.82, 2.24) is 25.0 Å². The van der Waals surface area contributed by atoms with Crippen LogP contribution in [0.4, 0.5) is 5.69 Å². The molecular formula is C22H34IN7O. The average molecular weight is 539 g/mol. The number of rotatable bonds is 7. The largest absolute Gasteiger partial charge is 0.381 e. The molecule has 0 saturated carbocycles. The van der Waals surface area contributed by atoms with Crippen LogP contribution in [-0.2, 0) is 17.7 Å². The first-order valence-electron chi connectivity index (χ1n) is 11.1. The Labute approximate surface area is 202 Å². The van der Waals surface area contributed by atoms with Crippen LogP contribution in [0.3, 0.4) is 0 Å². The molecule has 2 aromatic rings. The van der Waals surface area contributed by atoms with Gasteiger partial charge in [0.15, 0.2) is 5.96 Å². The zero-order valence-electron chi connectivity index (χ0n) is 18.3.